The van der Waals surface area contributed by atoms with Crippen LogP contribution in [0.15, 0.2) is 42.5 Å². The van der Waals surface area contributed by atoms with Crippen molar-refractivity contribution in [2.24, 2.45) is 0 Å². The van der Waals surface area contributed by atoms with E-state index < -0.39 is 41.4 Å². The number of ketones is 1. The first kappa shape index (κ1) is 18.0. The minimum Gasteiger partial charge on any atom is -0.319 e. The van der Waals surface area contributed by atoms with Crippen molar-refractivity contribution >= 4 is 29.3 Å². The highest BCUT2D eigenvalue weighted by molar-refractivity contribution is 6.30. The highest BCUT2D eigenvalue weighted by atomic mass is 35.5. The van der Waals surface area contributed by atoms with Gasteiger partial charge in [0.2, 0.25) is 0 Å². The fourth-order valence-electron chi connectivity index (χ4n) is 2.77. The van der Waals surface area contributed by atoms with E-state index in [0.717, 1.165) is 18.2 Å². The molecule has 8 heteroatoms. The van der Waals surface area contributed by atoms with Crippen LogP contribution in [0.3, 0.4) is 0 Å². The van der Waals surface area contributed by atoms with Gasteiger partial charge in [0.25, 0.3) is 5.91 Å². The van der Waals surface area contributed by atoms with Gasteiger partial charge in [0.1, 0.15) is 17.2 Å². The van der Waals surface area contributed by atoms with E-state index in [1.165, 1.54) is 31.2 Å². The Morgan fingerprint density at radius 3 is 2.46 bits per heavy atom. The van der Waals surface area contributed by atoms with E-state index in [-0.39, 0.29) is 11.1 Å². The summed E-state index contributed by atoms with van der Waals surface area (Å²) in [6.45, 7) is 0.733. The van der Waals surface area contributed by atoms with Crippen LogP contribution >= 0.6 is 11.6 Å². The molecule has 1 fully saturated rings. The normalized spacial score (nSPS) is 19.6. The molecule has 3 amide bonds. The minimum atomic E-state index is -1.80. The fraction of sp³-hybridized carbons (Fsp3) is 0.167. The van der Waals surface area contributed by atoms with E-state index in [0.29, 0.717) is 9.92 Å². The smallest absolute Gasteiger partial charge is 0.319 e. The number of benzene rings is 2. The van der Waals surface area contributed by atoms with E-state index in [1.54, 1.807) is 0 Å². The zero-order valence-electron chi connectivity index (χ0n) is 13.6. The zero-order chi connectivity index (χ0) is 19.1. The Labute approximate surface area is 152 Å². The van der Waals surface area contributed by atoms with Crippen LogP contribution in [0.4, 0.5) is 13.6 Å². The Bertz CT molecular complexity index is 917. The molecule has 0 bridgehead atoms. The first-order chi connectivity index (χ1) is 12.2. The third-order valence-electron chi connectivity index (χ3n) is 4.21. The van der Waals surface area contributed by atoms with Crippen LogP contribution in [-0.4, -0.2) is 29.2 Å². The number of hydrogen-bond acceptors (Lipinski definition) is 3. The van der Waals surface area contributed by atoms with Crippen molar-refractivity contribution in [2.45, 2.75) is 12.5 Å². The van der Waals surface area contributed by atoms with Crippen molar-refractivity contribution in [3.8, 4) is 0 Å². The lowest BCUT2D eigenvalue weighted by atomic mass is 9.91. The van der Waals surface area contributed by atoms with E-state index in [4.69, 9.17) is 11.6 Å². The summed E-state index contributed by atoms with van der Waals surface area (Å²) in [6, 6.07) is 7.71. The van der Waals surface area contributed by atoms with Crippen LogP contribution in [0.1, 0.15) is 22.8 Å². The number of imide groups is 1. The van der Waals surface area contributed by atoms with E-state index in [1.807, 2.05) is 0 Å². The number of rotatable bonds is 4. The zero-order valence-corrected chi connectivity index (χ0v) is 14.3. The second kappa shape index (κ2) is 6.49. The lowest BCUT2D eigenvalue weighted by Crippen LogP contribution is -2.42. The highest BCUT2D eigenvalue weighted by Crippen LogP contribution is 2.31. The molecular weight excluding hydrogens is 366 g/mol. The van der Waals surface area contributed by atoms with Crippen molar-refractivity contribution in [3.05, 3.63) is 70.2 Å². The lowest BCUT2D eigenvalue weighted by molar-refractivity contribution is -0.130. The predicted molar refractivity (Wildman–Crippen MR) is 89.7 cm³/mol. The summed E-state index contributed by atoms with van der Waals surface area (Å²) in [6.07, 6.45) is 0. The van der Waals surface area contributed by atoms with Crippen LogP contribution in [0.5, 0.6) is 0 Å². The fourth-order valence-corrected chi connectivity index (χ4v) is 2.90. The topological polar surface area (TPSA) is 66.5 Å². The standard InChI is InChI=1S/C18H13ClF2N2O3/c1-18(13-8-12(20)6-7-14(13)21)16(25)23(17(26)22-18)9-15(24)10-2-4-11(19)5-3-10/h2-8H,9H2,1H3,(H,22,26). The second-order valence-corrected chi connectivity index (χ2v) is 6.44. The molecule has 0 aromatic heterocycles. The number of Topliss-reactive ketones (excluding diaryl/α,β-unsaturated/α-hetero) is 1. The van der Waals surface area contributed by atoms with E-state index >= 15 is 0 Å². The second-order valence-electron chi connectivity index (χ2n) is 6.00. The van der Waals surface area contributed by atoms with Crippen molar-refractivity contribution in [3.63, 3.8) is 0 Å². The minimum absolute atomic E-state index is 0.264. The monoisotopic (exact) mass is 378 g/mol. The Hall–Kier alpha value is -2.80. The number of amides is 3. The van der Waals surface area contributed by atoms with Gasteiger partial charge in [-0.3, -0.25) is 14.5 Å². The third-order valence-corrected chi connectivity index (χ3v) is 4.46. The third kappa shape index (κ3) is 3.06. The average Bonchev–Trinajstić information content (AvgIpc) is 2.81. The quantitative estimate of drug-likeness (QED) is 0.656. The van der Waals surface area contributed by atoms with E-state index in [9.17, 15) is 23.2 Å². The van der Waals surface area contributed by atoms with Gasteiger partial charge >= 0.3 is 6.03 Å². The molecule has 1 saturated heterocycles. The molecule has 26 heavy (non-hydrogen) atoms. The summed E-state index contributed by atoms with van der Waals surface area (Å²) in [5, 5.41) is 2.77. The van der Waals surface area contributed by atoms with Gasteiger partial charge in [0, 0.05) is 16.1 Å². The molecule has 0 spiro atoms. The van der Waals surface area contributed by atoms with Crippen molar-refractivity contribution in [1.29, 1.82) is 0 Å². The lowest BCUT2D eigenvalue weighted by Gasteiger charge is -2.22. The summed E-state index contributed by atoms with van der Waals surface area (Å²) < 4.78 is 27.6. The van der Waals surface area contributed by atoms with Gasteiger partial charge in [-0.2, -0.15) is 0 Å². The molecule has 1 aliphatic heterocycles. The van der Waals surface area contributed by atoms with Gasteiger partial charge in [-0.1, -0.05) is 11.6 Å². The summed E-state index contributed by atoms with van der Waals surface area (Å²) in [5.41, 5.74) is -1.85. The van der Waals surface area contributed by atoms with Gasteiger partial charge in [0.05, 0.1) is 6.54 Å². The predicted octanol–water partition coefficient (Wildman–Crippen LogP) is 3.27. The molecule has 2 aromatic carbocycles. The molecular formula is C18H13ClF2N2O3. The molecule has 0 radical (unpaired) electrons. The summed E-state index contributed by atoms with van der Waals surface area (Å²) in [4.78, 5) is 37.9. The van der Waals surface area contributed by atoms with Gasteiger partial charge in [-0.25, -0.2) is 13.6 Å². The largest absolute Gasteiger partial charge is 0.325 e. The SMILES string of the molecule is CC1(c2cc(F)ccc2F)NC(=O)N(CC(=O)c2ccc(Cl)cc2)C1=O. The van der Waals surface area contributed by atoms with E-state index in [2.05, 4.69) is 5.32 Å². The van der Waals surface area contributed by atoms with Crippen LogP contribution in [0.25, 0.3) is 0 Å². The summed E-state index contributed by atoms with van der Waals surface area (Å²) in [5.74, 6) is -2.92. The number of halogens is 3. The van der Waals surface area contributed by atoms with Gasteiger partial charge < -0.3 is 5.32 Å². The number of carbonyl (C=O) groups excluding carboxylic acids is 3. The van der Waals surface area contributed by atoms with Crippen molar-refractivity contribution in [2.75, 3.05) is 6.54 Å². The molecule has 0 aliphatic carbocycles. The molecule has 1 atom stereocenters. The first-order valence-electron chi connectivity index (χ1n) is 7.61. The number of hydrogen-bond donors (Lipinski definition) is 1. The Kier molecular flexibility index (Phi) is 4.50. The molecule has 1 heterocycles. The molecule has 134 valence electrons. The summed E-state index contributed by atoms with van der Waals surface area (Å²) >= 11 is 5.76. The molecule has 2 aromatic rings. The Morgan fingerprint density at radius 1 is 1.15 bits per heavy atom. The maximum Gasteiger partial charge on any atom is 0.325 e. The number of nitrogens with one attached hydrogen (secondary N) is 1. The maximum absolute atomic E-state index is 14.1. The van der Waals surface area contributed by atoms with Gasteiger partial charge in [-0.15, -0.1) is 0 Å². The molecule has 0 saturated carbocycles. The average molecular weight is 379 g/mol. The molecule has 5 nitrogen and oxygen atoms in total. The molecule has 1 unspecified atom stereocenters. The van der Waals surface area contributed by atoms with Crippen LogP contribution in [0.2, 0.25) is 5.02 Å². The van der Waals surface area contributed by atoms with Gasteiger partial charge in [-0.05, 0) is 49.4 Å². The number of nitrogens with zero attached hydrogens (tertiary/aromatic N) is 1. The maximum atomic E-state index is 14.1. The van der Waals surface area contributed by atoms with Crippen molar-refractivity contribution < 1.29 is 23.2 Å². The Balaban J connectivity index is 1.88. The molecule has 1 N–H and O–H groups in total. The van der Waals surface area contributed by atoms with Crippen LogP contribution in [-0.2, 0) is 10.3 Å². The number of urea groups is 1. The molecule has 3 rings (SSSR count). The first-order valence-corrected chi connectivity index (χ1v) is 7.98. The molecule has 1 aliphatic rings. The number of carbonyl (C=O) groups is 3. The van der Waals surface area contributed by atoms with Crippen LogP contribution < -0.4 is 5.32 Å². The van der Waals surface area contributed by atoms with Crippen molar-refractivity contribution in [1.82, 2.24) is 10.2 Å². The highest BCUT2D eigenvalue weighted by Gasteiger charge is 2.50. The Morgan fingerprint density at radius 2 is 1.81 bits per heavy atom. The van der Waals surface area contributed by atoms with Crippen LogP contribution in [0, 0.1) is 11.6 Å². The summed E-state index contributed by atoms with van der Waals surface area (Å²) in [7, 11) is 0. The van der Waals surface area contributed by atoms with Gasteiger partial charge in [0.15, 0.2) is 5.78 Å².